The number of aliphatic imine (C=N–C) groups is 1. The fourth-order valence-electron chi connectivity index (χ4n) is 7.48. The quantitative estimate of drug-likeness (QED) is 0.0866. The van der Waals surface area contributed by atoms with Crippen molar-refractivity contribution in [1.82, 2.24) is 30.3 Å². The zero-order valence-corrected chi connectivity index (χ0v) is 33.8. The molecule has 0 radical (unpaired) electrons. The Hall–Kier alpha value is -5.74. The topological polar surface area (TPSA) is 191 Å². The van der Waals surface area contributed by atoms with E-state index in [0.29, 0.717) is 46.2 Å². The van der Waals surface area contributed by atoms with E-state index in [4.69, 9.17) is 26.1 Å². The molecule has 1 fully saturated rings. The van der Waals surface area contributed by atoms with Crippen LogP contribution in [0.4, 0.5) is 0 Å². The van der Waals surface area contributed by atoms with Crippen molar-refractivity contribution < 1.29 is 38.2 Å². The van der Waals surface area contributed by atoms with E-state index in [1.807, 2.05) is 30.5 Å². The van der Waals surface area contributed by atoms with E-state index in [9.17, 15) is 28.8 Å². The molecule has 0 spiro atoms. The van der Waals surface area contributed by atoms with E-state index < -0.39 is 41.7 Å². The molecule has 2 aromatic heterocycles. The van der Waals surface area contributed by atoms with Crippen molar-refractivity contribution in [3.63, 3.8) is 0 Å². The van der Waals surface area contributed by atoms with Gasteiger partial charge in [0.2, 0.25) is 11.8 Å². The molecular formula is C41H42ClN7O8S. The van der Waals surface area contributed by atoms with Gasteiger partial charge in [0.25, 0.3) is 17.7 Å². The number of benzene rings is 2. The number of unbranched alkanes of at least 4 members (excludes halogenated alkanes) is 5. The number of methoxy groups -OCH3 is 1. The number of halogens is 1. The van der Waals surface area contributed by atoms with E-state index >= 15 is 0 Å². The van der Waals surface area contributed by atoms with Gasteiger partial charge in [0.1, 0.15) is 28.7 Å². The summed E-state index contributed by atoms with van der Waals surface area (Å²) in [7, 11) is 1.33. The number of imide groups is 2. The van der Waals surface area contributed by atoms with E-state index in [-0.39, 0.29) is 36.3 Å². The van der Waals surface area contributed by atoms with Gasteiger partial charge in [-0.2, -0.15) is 0 Å². The number of nitrogens with zero attached hydrogens (tertiary/aromatic N) is 5. The molecule has 15 nitrogen and oxygen atoms in total. The van der Waals surface area contributed by atoms with E-state index in [0.717, 1.165) is 65.1 Å². The van der Waals surface area contributed by atoms with Crippen LogP contribution in [0.1, 0.15) is 123 Å². The molecular weight excluding hydrogens is 786 g/mol. The van der Waals surface area contributed by atoms with Crippen molar-refractivity contribution >= 4 is 64.2 Å². The molecule has 7 rings (SSSR count). The van der Waals surface area contributed by atoms with Crippen LogP contribution in [0.25, 0.3) is 5.00 Å². The average molecular weight is 828 g/mol. The lowest BCUT2D eigenvalue weighted by atomic mass is 9.99. The largest absolute Gasteiger partial charge is 0.493 e. The van der Waals surface area contributed by atoms with Gasteiger partial charge in [-0.15, -0.1) is 21.5 Å². The highest BCUT2D eigenvalue weighted by Gasteiger charge is 2.46. The summed E-state index contributed by atoms with van der Waals surface area (Å²) in [6, 6.07) is 10.4. The highest BCUT2D eigenvalue weighted by Crippen LogP contribution is 2.40. The van der Waals surface area contributed by atoms with Crippen molar-refractivity contribution in [2.75, 3.05) is 20.3 Å². The van der Waals surface area contributed by atoms with E-state index in [2.05, 4.69) is 20.8 Å². The normalized spacial score (nSPS) is 17.2. The Morgan fingerprint density at radius 2 is 1.69 bits per heavy atom. The third-order valence-corrected chi connectivity index (χ3v) is 12.0. The number of aryl methyl sites for hydroxylation is 1. The lowest BCUT2D eigenvalue weighted by Crippen LogP contribution is -2.54. The molecule has 3 aliphatic heterocycles. The van der Waals surface area contributed by atoms with Gasteiger partial charge in [-0.25, -0.2) is 0 Å². The second-order valence-corrected chi connectivity index (χ2v) is 15.7. The number of thiophene rings is 1. The van der Waals surface area contributed by atoms with Gasteiger partial charge in [0, 0.05) is 29.1 Å². The molecule has 3 aliphatic rings. The number of piperidine rings is 1. The van der Waals surface area contributed by atoms with Gasteiger partial charge in [-0.3, -0.25) is 48.5 Å². The Kier molecular flexibility index (Phi) is 12.1. The van der Waals surface area contributed by atoms with Crippen LogP contribution in [0, 0.1) is 13.8 Å². The van der Waals surface area contributed by atoms with Crippen LogP contribution in [0.3, 0.4) is 0 Å². The number of nitrogens with one attached hydrogen (secondary N) is 2. The minimum absolute atomic E-state index is 0.0316. The first-order valence-electron chi connectivity index (χ1n) is 19.2. The second kappa shape index (κ2) is 17.4. The average Bonchev–Trinajstić information content (AvgIpc) is 3.80. The van der Waals surface area contributed by atoms with Crippen LogP contribution >= 0.6 is 22.9 Å². The maximum absolute atomic E-state index is 13.7. The molecule has 0 bridgehead atoms. The number of ether oxygens (including phenoxy) is 2. The molecule has 5 amide bonds. The summed E-state index contributed by atoms with van der Waals surface area (Å²) in [6.07, 6.45) is 5.35. The van der Waals surface area contributed by atoms with Crippen LogP contribution < -0.4 is 15.4 Å². The van der Waals surface area contributed by atoms with Crippen molar-refractivity contribution in [3.8, 4) is 10.8 Å². The van der Waals surface area contributed by atoms with Crippen LogP contribution in [-0.4, -0.2) is 87.2 Å². The van der Waals surface area contributed by atoms with Gasteiger partial charge in [0.15, 0.2) is 5.82 Å². The predicted molar refractivity (Wildman–Crippen MR) is 214 cm³/mol. The SMILES string of the molecule is COC(=O)CC1N=C(c2ccc(Cl)cc2)c2c(sc(C(=O)NCCCCCCCCOc3cccc4c3C(=O)N(C3CCC(=O)NC3=O)C4=O)c2C)-n2c(C)nnc21. The highest BCUT2D eigenvalue weighted by molar-refractivity contribution is 7.17. The summed E-state index contributed by atoms with van der Waals surface area (Å²) >= 11 is 7.56. The molecule has 58 heavy (non-hydrogen) atoms. The standard InChI is InChI=1S/C41H42ClN7O8S/c1-22-32-34(24-13-15-25(42)16-14-24)44-27(21-31(51)56-3)36-47-46-23(2)48(36)41(32)58-35(22)38(53)43-19-8-6-4-5-7-9-20-57-29-12-10-11-26-33(29)40(55)49(39(26)54)28-17-18-30(50)45-37(28)52/h10-16,27-28H,4-9,17-21H2,1-3H3,(H,43,53)(H,45,50,52). The first-order chi connectivity index (χ1) is 28.0. The monoisotopic (exact) mass is 827 g/mol. The zero-order valence-electron chi connectivity index (χ0n) is 32.3. The van der Waals surface area contributed by atoms with Crippen molar-refractivity contribution in [1.29, 1.82) is 0 Å². The molecule has 17 heteroatoms. The van der Waals surface area contributed by atoms with Crippen LogP contribution in [-0.2, 0) is 19.1 Å². The molecule has 0 aliphatic carbocycles. The van der Waals surface area contributed by atoms with Crippen molar-refractivity contribution in [2.24, 2.45) is 4.99 Å². The number of hydrogen-bond acceptors (Lipinski definition) is 12. The number of aromatic nitrogens is 3. The van der Waals surface area contributed by atoms with Gasteiger partial charge in [0.05, 0.1) is 41.9 Å². The summed E-state index contributed by atoms with van der Waals surface area (Å²) in [4.78, 5) is 83.0. The fourth-order valence-corrected chi connectivity index (χ4v) is 8.89. The fraction of sp³-hybridized carbons (Fsp3) is 0.390. The number of esters is 1. The van der Waals surface area contributed by atoms with Crippen LogP contribution in [0.15, 0.2) is 47.5 Å². The van der Waals surface area contributed by atoms with Gasteiger partial charge in [-0.05, 0) is 62.9 Å². The first kappa shape index (κ1) is 40.5. The molecule has 0 saturated carbocycles. The number of fused-ring (bicyclic) bond motifs is 4. The maximum Gasteiger partial charge on any atom is 0.308 e. The Labute approximate surface area is 343 Å². The van der Waals surface area contributed by atoms with E-state index in [1.165, 1.54) is 18.4 Å². The Morgan fingerprint density at radius 1 is 0.948 bits per heavy atom. The smallest absolute Gasteiger partial charge is 0.308 e. The van der Waals surface area contributed by atoms with Gasteiger partial charge in [-0.1, -0.05) is 55.5 Å². The molecule has 4 aromatic rings. The lowest BCUT2D eigenvalue weighted by molar-refractivity contribution is -0.141. The minimum Gasteiger partial charge on any atom is -0.493 e. The Morgan fingerprint density at radius 3 is 2.43 bits per heavy atom. The van der Waals surface area contributed by atoms with Gasteiger partial charge >= 0.3 is 5.97 Å². The third kappa shape index (κ3) is 8.03. The number of rotatable bonds is 15. The van der Waals surface area contributed by atoms with Crippen molar-refractivity contribution in [2.45, 2.75) is 83.7 Å². The lowest BCUT2D eigenvalue weighted by Gasteiger charge is -2.27. The molecule has 2 atom stereocenters. The number of carbonyl (C=O) groups is 6. The third-order valence-electron chi connectivity index (χ3n) is 10.5. The number of amides is 5. The summed E-state index contributed by atoms with van der Waals surface area (Å²) in [5, 5.41) is 15.3. The molecule has 2 N–H and O–H groups in total. The number of carbonyl (C=O) groups excluding carboxylic acids is 6. The summed E-state index contributed by atoms with van der Waals surface area (Å²) in [5.41, 5.74) is 3.26. The van der Waals surface area contributed by atoms with Crippen LogP contribution in [0.5, 0.6) is 5.75 Å². The molecule has 5 heterocycles. The van der Waals surface area contributed by atoms with E-state index in [1.54, 1.807) is 30.3 Å². The number of hydrogen-bond donors (Lipinski definition) is 2. The summed E-state index contributed by atoms with van der Waals surface area (Å²) in [6.45, 7) is 4.58. The minimum atomic E-state index is -1.03. The maximum atomic E-state index is 13.7. The molecule has 2 unspecified atom stereocenters. The molecule has 1 saturated heterocycles. The first-order valence-corrected chi connectivity index (χ1v) is 20.4. The highest BCUT2D eigenvalue weighted by atomic mass is 35.5. The Bertz CT molecular complexity index is 2340. The predicted octanol–water partition coefficient (Wildman–Crippen LogP) is 5.60. The van der Waals surface area contributed by atoms with Crippen LogP contribution in [0.2, 0.25) is 5.02 Å². The summed E-state index contributed by atoms with van der Waals surface area (Å²) < 4.78 is 12.8. The second-order valence-electron chi connectivity index (χ2n) is 14.3. The zero-order chi connectivity index (χ0) is 41.1. The van der Waals surface area contributed by atoms with Gasteiger partial charge < -0.3 is 14.8 Å². The Balaban J connectivity index is 0.907. The van der Waals surface area contributed by atoms with Crippen molar-refractivity contribution in [3.05, 3.63) is 91.8 Å². The molecule has 2 aromatic carbocycles. The summed E-state index contributed by atoms with van der Waals surface area (Å²) in [5.74, 6) is -1.47. The molecule has 302 valence electrons.